The van der Waals surface area contributed by atoms with E-state index in [1.165, 1.54) is 0 Å². The highest BCUT2D eigenvalue weighted by atomic mass is 32.1. The molecule has 2 aromatic heterocycles. The summed E-state index contributed by atoms with van der Waals surface area (Å²) in [6, 6.07) is 0. The van der Waals surface area contributed by atoms with Gasteiger partial charge in [-0.1, -0.05) is 0 Å². The van der Waals surface area contributed by atoms with E-state index >= 15 is 0 Å². The normalized spacial score (nSPS) is 10.2. The summed E-state index contributed by atoms with van der Waals surface area (Å²) >= 11 is 1.66. The zero-order valence-corrected chi connectivity index (χ0v) is 6.66. The van der Waals surface area contributed by atoms with E-state index in [2.05, 4.69) is 9.97 Å². The van der Waals surface area contributed by atoms with Gasteiger partial charge in [-0.15, -0.1) is 11.3 Å². The molecule has 0 saturated heterocycles. The fourth-order valence-corrected chi connectivity index (χ4v) is 1.49. The fourth-order valence-electron chi connectivity index (χ4n) is 0.868. The fraction of sp³-hybridized carbons (Fsp3) is 0.143. The van der Waals surface area contributed by atoms with Crippen LogP contribution < -0.4 is 0 Å². The molecular formula is C7H7N3S. The molecule has 0 atom stereocenters. The van der Waals surface area contributed by atoms with Crippen molar-refractivity contribution in [2.45, 2.75) is 6.54 Å². The van der Waals surface area contributed by atoms with Gasteiger partial charge in [-0.3, -0.25) is 0 Å². The van der Waals surface area contributed by atoms with E-state index in [-0.39, 0.29) is 0 Å². The van der Waals surface area contributed by atoms with Crippen molar-refractivity contribution in [3.8, 4) is 0 Å². The predicted octanol–water partition coefficient (Wildman–Crippen LogP) is 1.39. The van der Waals surface area contributed by atoms with Crippen molar-refractivity contribution < 1.29 is 0 Å². The maximum atomic E-state index is 4.16. The Morgan fingerprint density at radius 3 is 3.09 bits per heavy atom. The van der Waals surface area contributed by atoms with E-state index in [1.807, 2.05) is 22.3 Å². The minimum absolute atomic E-state index is 0.831. The first-order valence-electron chi connectivity index (χ1n) is 3.29. The maximum Gasteiger partial charge on any atom is 0.112 e. The number of thiazole rings is 1. The molecule has 0 fully saturated rings. The summed E-state index contributed by atoms with van der Waals surface area (Å²) in [5.41, 5.74) is 0. The van der Waals surface area contributed by atoms with Crippen molar-refractivity contribution in [2.24, 2.45) is 0 Å². The Morgan fingerprint density at radius 1 is 1.45 bits per heavy atom. The maximum absolute atomic E-state index is 4.16. The van der Waals surface area contributed by atoms with E-state index < -0.39 is 0 Å². The Balaban J connectivity index is 2.14. The van der Waals surface area contributed by atoms with Crippen molar-refractivity contribution in [1.29, 1.82) is 0 Å². The molecule has 0 spiro atoms. The molecule has 0 saturated carbocycles. The second-order valence-electron chi connectivity index (χ2n) is 2.16. The van der Waals surface area contributed by atoms with Gasteiger partial charge in [0.05, 0.1) is 12.9 Å². The predicted molar refractivity (Wildman–Crippen MR) is 43.4 cm³/mol. The van der Waals surface area contributed by atoms with Gasteiger partial charge in [-0.05, 0) is 0 Å². The molecule has 0 aliphatic rings. The van der Waals surface area contributed by atoms with Crippen molar-refractivity contribution in [1.82, 2.24) is 14.5 Å². The molecule has 4 heteroatoms. The van der Waals surface area contributed by atoms with E-state index in [0.29, 0.717) is 0 Å². The Hall–Kier alpha value is -1.16. The average molecular weight is 165 g/mol. The molecule has 0 radical (unpaired) electrons. The highest BCUT2D eigenvalue weighted by molar-refractivity contribution is 7.09. The van der Waals surface area contributed by atoms with Gasteiger partial charge < -0.3 is 4.57 Å². The van der Waals surface area contributed by atoms with Crippen molar-refractivity contribution in [3.05, 3.63) is 35.3 Å². The molecule has 2 aromatic rings. The van der Waals surface area contributed by atoms with Crippen molar-refractivity contribution in [3.63, 3.8) is 0 Å². The molecule has 0 aromatic carbocycles. The van der Waals surface area contributed by atoms with Crippen LogP contribution >= 0.6 is 11.3 Å². The number of hydrogen-bond acceptors (Lipinski definition) is 3. The average Bonchev–Trinajstić information content (AvgIpc) is 2.60. The number of hydrogen-bond donors (Lipinski definition) is 0. The molecule has 0 bridgehead atoms. The zero-order valence-electron chi connectivity index (χ0n) is 5.84. The van der Waals surface area contributed by atoms with Gasteiger partial charge in [0, 0.05) is 24.0 Å². The monoisotopic (exact) mass is 165 g/mol. The molecule has 3 nitrogen and oxygen atoms in total. The van der Waals surface area contributed by atoms with Crippen LogP contribution in [0.2, 0.25) is 0 Å². The van der Waals surface area contributed by atoms with E-state index in [0.717, 1.165) is 11.6 Å². The standard InChI is InChI=1S/C7H7N3S/c1-3-10(6-8-1)5-7-9-2-4-11-7/h1-4,6H,5H2. The van der Waals surface area contributed by atoms with Gasteiger partial charge in [0.2, 0.25) is 0 Å². The molecule has 11 heavy (non-hydrogen) atoms. The Morgan fingerprint density at radius 2 is 2.45 bits per heavy atom. The van der Waals surface area contributed by atoms with Gasteiger partial charge in [0.1, 0.15) is 5.01 Å². The van der Waals surface area contributed by atoms with Gasteiger partial charge in [-0.2, -0.15) is 0 Å². The summed E-state index contributed by atoms with van der Waals surface area (Å²) in [5.74, 6) is 0. The quantitative estimate of drug-likeness (QED) is 0.673. The number of imidazole rings is 1. The molecule has 0 amide bonds. The van der Waals surface area contributed by atoms with Crippen molar-refractivity contribution >= 4 is 11.3 Å². The highest BCUT2D eigenvalue weighted by Crippen LogP contribution is 2.05. The van der Waals surface area contributed by atoms with E-state index in [4.69, 9.17) is 0 Å². The molecule has 2 heterocycles. The second kappa shape index (κ2) is 2.84. The SMILES string of the molecule is c1cn(Cc2nccs2)cn1. The van der Waals surface area contributed by atoms with Crippen LogP contribution in [-0.2, 0) is 6.54 Å². The van der Waals surface area contributed by atoms with Crippen LogP contribution in [-0.4, -0.2) is 14.5 Å². The molecule has 0 aliphatic carbocycles. The van der Waals surface area contributed by atoms with Gasteiger partial charge in [-0.25, -0.2) is 9.97 Å². The minimum Gasteiger partial charge on any atom is -0.331 e. The molecule has 0 N–H and O–H groups in total. The molecule has 0 unspecified atom stereocenters. The molecule has 2 rings (SSSR count). The summed E-state index contributed by atoms with van der Waals surface area (Å²) in [6.45, 7) is 0.831. The van der Waals surface area contributed by atoms with Crippen LogP contribution in [0.3, 0.4) is 0 Å². The first-order valence-corrected chi connectivity index (χ1v) is 4.17. The van der Waals surface area contributed by atoms with Crippen molar-refractivity contribution in [2.75, 3.05) is 0 Å². The lowest BCUT2D eigenvalue weighted by molar-refractivity contribution is 0.790. The van der Waals surface area contributed by atoms with Gasteiger partial charge >= 0.3 is 0 Å². The summed E-state index contributed by atoms with van der Waals surface area (Å²) in [6.07, 6.45) is 7.31. The highest BCUT2D eigenvalue weighted by Gasteiger charge is 1.94. The number of aromatic nitrogens is 3. The molecular weight excluding hydrogens is 158 g/mol. The van der Waals surface area contributed by atoms with Crippen LogP contribution in [0.4, 0.5) is 0 Å². The Bertz CT molecular complexity index is 266. The second-order valence-corrected chi connectivity index (χ2v) is 3.14. The summed E-state index contributed by atoms with van der Waals surface area (Å²) < 4.78 is 2.00. The largest absolute Gasteiger partial charge is 0.331 e. The summed E-state index contributed by atoms with van der Waals surface area (Å²) in [5, 5.41) is 3.09. The van der Waals surface area contributed by atoms with Crippen LogP contribution in [0.1, 0.15) is 5.01 Å². The van der Waals surface area contributed by atoms with Crippen LogP contribution in [0.25, 0.3) is 0 Å². The third-order valence-electron chi connectivity index (χ3n) is 1.36. The Kier molecular flexibility index (Phi) is 1.69. The van der Waals surface area contributed by atoms with E-state index in [1.54, 1.807) is 23.9 Å². The lowest BCUT2D eigenvalue weighted by Gasteiger charge is -1.94. The Labute approximate surface area is 68.4 Å². The lowest BCUT2D eigenvalue weighted by atomic mass is 10.6. The smallest absolute Gasteiger partial charge is 0.112 e. The topological polar surface area (TPSA) is 30.7 Å². The number of nitrogens with zero attached hydrogens (tertiary/aromatic N) is 3. The third kappa shape index (κ3) is 1.46. The minimum atomic E-state index is 0.831. The summed E-state index contributed by atoms with van der Waals surface area (Å²) in [7, 11) is 0. The van der Waals surface area contributed by atoms with Gasteiger partial charge in [0.25, 0.3) is 0 Å². The zero-order chi connectivity index (χ0) is 7.52. The summed E-state index contributed by atoms with van der Waals surface area (Å²) in [4.78, 5) is 8.10. The number of rotatable bonds is 2. The van der Waals surface area contributed by atoms with Crippen LogP contribution in [0, 0.1) is 0 Å². The van der Waals surface area contributed by atoms with Crippen LogP contribution in [0.5, 0.6) is 0 Å². The lowest BCUT2D eigenvalue weighted by Crippen LogP contribution is -1.94. The van der Waals surface area contributed by atoms with Gasteiger partial charge in [0.15, 0.2) is 0 Å². The molecule has 0 aliphatic heterocycles. The first-order chi connectivity index (χ1) is 5.45. The van der Waals surface area contributed by atoms with Crippen LogP contribution in [0.15, 0.2) is 30.3 Å². The van der Waals surface area contributed by atoms with E-state index in [9.17, 15) is 0 Å². The third-order valence-corrected chi connectivity index (χ3v) is 2.12. The first kappa shape index (κ1) is 6.54. The molecule has 56 valence electrons.